The molecule has 0 bridgehead atoms. The summed E-state index contributed by atoms with van der Waals surface area (Å²) in [5.74, 6) is -2.40. The number of nitrogens with zero attached hydrogens (tertiary/aromatic N) is 1. The van der Waals surface area contributed by atoms with Gasteiger partial charge in [0.25, 0.3) is 11.8 Å². The zero-order valence-electron chi connectivity index (χ0n) is 12.8. The van der Waals surface area contributed by atoms with Gasteiger partial charge in [-0.05, 0) is 26.0 Å². The Morgan fingerprint density at radius 3 is 2.35 bits per heavy atom. The van der Waals surface area contributed by atoms with Crippen molar-refractivity contribution in [2.24, 2.45) is 0 Å². The molecule has 1 saturated heterocycles. The number of ketones is 1. The maximum Gasteiger partial charge on any atom is 0.261 e. The number of carbonyl (C=O) groups is 3. The first kappa shape index (κ1) is 15.8. The Morgan fingerprint density at radius 1 is 1.22 bits per heavy atom. The second kappa shape index (κ2) is 5.52. The van der Waals surface area contributed by atoms with Gasteiger partial charge in [-0.1, -0.05) is 12.1 Å². The summed E-state index contributed by atoms with van der Waals surface area (Å²) < 4.78 is 10.6. The van der Waals surface area contributed by atoms with E-state index in [1.54, 1.807) is 38.1 Å². The third-order valence-electron chi connectivity index (χ3n) is 3.89. The number of amides is 2. The zero-order valence-corrected chi connectivity index (χ0v) is 12.8. The number of Topliss-reactive ketones (excluding diaryl/α,β-unsaturated/α-hetero) is 1. The highest BCUT2D eigenvalue weighted by atomic mass is 16.7. The predicted molar refractivity (Wildman–Crippen MR) is 77.7 cm³/mol. The smallest absolute Gasteiger partial charge is 0.261 e. The van der Waals surface area contributed by atoms with E-state index in [4.69, 9.17) is 9.47 Å². The second-order valence-corrected chi connectivity index (χ2v) is 6.03. The number of hydrogen-bond acceptors (Lipinski definition) is 6. The van der Waals surface area contributed by atoms with Crippen LogP contribution in [0.1, 0.15) is 34.6 Å². The van der Waals surface area contributed by atoms with E-state index >= 15 is 0 Å². The average Bonchev–Trinajstić information content (AvgIpc) is 2.75. The van der Waals surface area contributed by atoms with Crippen molar-refractivity contribution >= 4 is 17.6 Å². The molecule has 2 amide bonds. The summed E-state index contributed by atoms with van der Waals surface area (Å²) in [7, 11) is 0. The summed E-state index contributed by atoms with van der Waals surface area (Å²) in [5, 5.41) is 10.3. The van der Waals surface area contributed by atoms with Gasteiger partial charge in [-0.15, -0.1) is 0 Å². The van der Waals surface area contributed by atoms with E-state index in [0.29, 0.717) is 11.1 Å². The maximum atomic E-state index is 12.3. The van der Waals surface area contributed by atoms with Gasteiger partial charge in [0, 0.05) is 0 Å². The number of hydrogen-bond donors (Lipinski definition) is 1. The van der Waals surface area contributed by atoms with Gasteiger partial charge in [0.2, 0.25) is 0 Å². The molecule has 3 rings (SSSR count). The predicted octanol–water partition coefficient (Wildman–Crippen LogP) is 0.364. The van der Waals surface area contributed by atoms with E-state index in [1.165, 1.54) is 0 Å². The van der Waals surface area contributed by atoms with Crippen LogP contribution in [0.3, 0.4) is 0 Å². The number of imide groups is 1. The highest BCUT2D eigenvalue weighted by Crippen LogP contribution is 2.26. The fraction of sp³-hybridized carbons (Fsp3) is 0.438. The Kier molecular flexibility index (Phi) is 3.79. The van der Waals surface area contributed by atoms with Crippen LogP contribution >= 0.6 is 0 Å². The average molecular weight is 319 g/mol. The third-order valence-corrected chi connectivity index (χ3v) is 3.89. The lowest BCUT2D eigenvalue weighted by Crippen LogP contribution is -2.54. The molecule has 1 N–H and O–H groups in total. The normalized spacial score (nSPS) is 24.7. The van der Waals surface area contributed by atoms with Crippen LogP contribution in [0.5, 0.6) is 0 Å². The summed E-state index contributed by atoms with van der Waals surface area (Å²) >= 11 is 0. The van der Waals surface area contributed by atoms with Crippen molar-refractivity contribution in [2.75, 3.05) is 13.2 Å². The number of fused-ring (bicyclic) bond motifs is 1. The lowest BCUT2D eigenvalue weighted by atomic mass is 10.1. The van der Waals surface area contributed by atoms with Gasteiger partial charge >= 0.3 is 0 Å². The first-order valence-corrected chi connectivity index (χ1v) is 7.28. The van der Waals surface area contributed by atoms with Crippen LogP contribution in [0.25, 0.3) is 0 Å². The van der Waals surface area contributed by atoms with E-state index in [9.17, 15) is 19.5 Å². The molecule has 1 aromatic rings. The molecule has 0 spiro atoms. The molecule has 0 aromatic heterocycles. The maximum absolute atomic E-state index is 12.3. The Balaban J connectivity index is 1.76. The molecule has 122 valence electrons. The molecule has 2 aliphatic rings. The van der Waals surface area contributed by atoms with E-state index in [-0.39, 0.29) is 13.2 Å². The molecule has 1 fully saturated rings. The second-order valence-electron chi connectivity index (χ2n) is 6.03. The molecule has 23 heavy (non-hydrogen) atoms. The van der Waals surface area contributed by atoms with E-state index in [1.807, 2.05) is 0 Å². The molecule has 0 unspecified atom stereocenters. The van der Waals surface area contributed by atoms with Gasteiger partial charge < -0.3 is 14.6 Å². The molecule has 0 radical (unpaired) electrons. The minimum Gasteiger partial charge on any atom is -0.388 e. The molecule has 2 aliphatic heterocycles. The van der Waals surface area contributed by atoms with Crippen LogP contribution in [-0.2, 0) is 14.3 Å². The van der Waals surface area contributed by atoms with E-state index in [2.05, 4.69) is 0 Å². The summed E-state index contributed by atoms with van der Waals surface area (Å²) in [6.45, 7) is 2.76. The van der Waals surface area contributed by atoms with Crippen LogP contribution in [0, 0.1) is 0 Å². The van der Waals surface area contributed by atoms with Gasteiger partial charge in [-0.2, -0.15) is 0 Å². The first-order valence-electron chi connectivity index (χ1n) is 7.28. The van der Waals surface area contributed by atoms with Gasteiger partial charge in [0.15, 0.2) is 11.6 Å². The van der Waals surface area contributed by atoms with Crippen LogP contribution in [0.4, 0.5) is 0 Å². The Morgan fingerprint density at radius 2 is 1.78 bits per heavy atom. The van der Waals surface area contributed by atoms with Crippen LogP contribution < -0.4 is 0 Å². The zero-order chi connectivity index (χ0) is 16.8. The number of aliphatic hydroxyl groups is 1. The van der Waals surface area contributed by atoms with Crippen LogP contribution in [0.2, 0.25) is 0 Å². The Bertz CT molecular complexity index is 648. The molecular weight excluding hydrogens is 302 g/mol. The lowest BCUT2D eigenvalue weighted by Gasteiger charge is -2.37. The monoisotopic (exact) mass is 319 g/mol. The number of benzene rings is 1. The lowest BCUT2D eigenvalue weighted by molar-refractivity contribution is -0.270. The largest absolute Gasteiger partial charge is 0.388 e. The number of ether oxygens (including phenoxy) is 2. The summed E-state index contributed by atoms with van der Waals surface area (Å²) in [5.41, 5.74) is 0.591. The van der Waals surface area contributed by atoms with Crippen LogP contribution in [0.15, 0.2) is 24.3 Å². The minimum atomic E-state index is -1.31. The number of β-amino-alcohol motifs (C(OH)–C–C–N with tert-alkyl or cyclic N) is 1. The fourth-order valence-electron chi connectivity index (χ4n) is 2.71. The number of aliphatic hydroxyl groups excluding tert-OH is 1. The molecular formula is C16H17NO6. The summed E-state index contributed by atoms with van der Waals surface area (Å²) in [6.07, 6.45) is -2.45. The van der Waals surface area contributed by atoms with Crippen molar-refractivity contribution in [3.8, 4) is 0 Å². The van der Waals surface area contributed by atoms with Crippen LogP contribution in [-0.4, -0.2) is 58.8 Å². The third kappa shape index (κ3) is 2.78. The quantitative estimate of drug-likeness (QED) is 0.809. The number of rotatable bonds is 3. The Labute approximate surface area is 132 Å². The topological polar surface area (TPSA) is 93.1 Å². The molecule has 0 saturated carbocycles. The van der Waals surface area contributed by atoms with Crippen molar-refractivity contribution < 1.29 is 29.0 Å². The van der Waals surface area contributed by atoms with Crippen molar-refractivity contribution in [3.63, 3.8) is 0 Å². The van der Waals surface area contributed by atoms with Gasteiger partial charge in [0.05, 0.1) is 17.7 Å². The molecule has 1 aromatic carbocycles. The summed E-state index contributed by atoms with van der Waals surface area (Å²) in [4.78, 5) is 37.4. The molecule has 2 atom stereocenters. The highest BCUT2D eigenvalue weighted by Gasteiger charge is 2.43. The van der Waals surface area contributed by atoms with Crippen molar-refractivity contribution in [2.45, 2.75) is 31.8 Å². The SMILES string of the molecule is CC1(C)OCC(=O)[C@H]([C@@H](O)CN2C(=O)c3ccccc3C2=O)O1. The van der Waals surface area contributed by atoms with Gasteiger partial charge in [-0.25, -0.2) is 0 Å². The van der Waals surface area contributed by atoms with Crippen molar-refractivity contribution in [1.29, 1.82) is 0 Å². The fourth-order valence-corrected chi connectivity index (χ4v) is 2.71. The van der Waals surface area contributed by atoms with Crippen molar-refractivity contribution in [3.05, 3.63) is 35.4 Å². The van der Waals surface area contributed by atoms with E-state index < -0.39 is 35.6 Å². The van der Waals surface area contributed by atoms with Gasteiger partial charge in [0.1, 0.15) is 18.8 Å². The molecule has 2 heterocycles. The Hall–Kier alpha value is -2.09. The van der Waals surface area contributed by atoms with Gasteiger partial charge in [-0.3, -0.25) is 19.3 Å². The van der Waals surface area contributed by atoms with Crippen molar-refractivity contribution in [1.82, 2.24) is 4.90 Å². The first-order chi connectivity index (χ1) is 10.8. The number of carbonyl (C=O) groups excluding carboxylic acids is 3. The molecule has 7 nitrogen and oxygen atoms in total. The molecule has 7 heteroatoms. The summed E-state index contributed by atoms with van der Waals surface area (Å²) in [6, 6.07) is 6.44. The molecule has 0 aliphatic carbocycles. The highest BCUT2D eigenvalue weighted by molar-refractivity contribution is 6.21. The van der Waals surface area contributed by atoms with E-state index in [0.717, 1.165) is 4.90 Å². The minimum absolute atomic E-state index is 0.184. The standard InChI is InChI=1S/C16H17NO6/c1-16(2)22-8-12(19)13(23-16)11(18)7-17-14(20)9-5-3-4-6-10(9)15(17)21/h3-6,11,13,18H,7-8H2,1-2H3/t11-,13-/m0/s1.